The lowest BCUT2D eigenvalue weighted by Crippen LogP contribution is -2.38. The molecule has 26 heavy (non-hydrogen) atoms. The van der Waals surface area contributed by atoms with Crippen molar-refractivity contribution in [2.75, 3.05) is 11.9 Å². The zero-order valence-electron chi connectivity index (χ0n) is 13.8. The van der Waals surface area contributed by atoms with E-state index in [2.05, 4.69) is 15.5 Å². The number of carbonyl (C=O) groups excluding carboxylic acids is 1. The highest BCUT2D eigenvalue weighted by molar-refractivity contribution is 6.30. The first-order chi connectivity index (χ1) is 12.6. The Morgan fingerprint density at radius 2 is 1.69 bits per heavy atom. The second-order valence-corrected chi connectivity index (χ2v) is 7.02. The van der Waals surface area contributed by atoms with Crippen molar-refractivity contribution in [1.82, 2.24) is 15.1 Å². The predicted octanol–water partition coefficient (Wildman–Crippen LogP) is 4.97. The summed E-state index contributed by atoms with van der Waals surface area (Å²) in [4.78, 5) is 14.4. The maximum absolute atomic E-state index is 12.6. The smallest absolute Gasteiger partial charge is 0.320 e. The number of rotatable bonds is 2. The number of halogens is 2. The monoisotopic (exact) mass is 386 g/mol. The van der Waals surface area contributed by atoms with E-state index in [1.165, 1.54) is 0 Å². The van der Waals surface area contributed by atoms with Gasteiger partial charge in [-0.1, -0.05) is 35.3 Å². The van der Waals surface area contributed by atoms with Crippen molar-refractivity contribution in [2.24, 2.45) is 0 Å². The molecule has 2 N–H and O–H groups in total. The summed E-state index contributed by atoms with van der Waals surface area (Å²) in [6.45, 7) is 1.14. The molecule has 1 aromatic heterocycles. The van der Waals surface area contributed by atoms with Crippen LogP contribution < -0.4 is 5.32 Å². The first-order valence-corrected chi connectivity index (χ1v) is 8.99. The number of aromatic nitrogens is 2. The molecule has 7 heteroatoms. The summed E-state index contributed by atoms with van der Waals surface area (Å²) in [7, 11) is 0. The van der Waals surface area contributed by atoms with Gasteiger partial charge >= 0.3 is 6.03 Å². The lowest BCUT2D eigenvalue weighted by atomic mass is 10.0. The van der Waals surface area contributed by atoms with Gasteiger partial charge in [0, 0.05) is 45.5 Å². The summed E-state index contributed by atoms with van der Waals surface area (Å²) in [5.41, 5.74) is 4.68. The van der Waals surface area contributed by atoms with Gasteiger partial charge in [0.05, 0.1) is 12.2 Å². The number of aromatic amines is 1. The van der Waals surface area contributed by atoms with Crippen molar-refractivity contribution in [2.45, 2.75) is 13.0 Å². The summed E-state index contributed by atoms with van der Waals surface area (Å²) in [6, 6.07) is 14.5. The molecule has 0 aliphatic carbocycles. The second kappa shape index (κ2) is 7.02. The summed E-state index contributed by atoms with van der Waals surface area (Å²) >= 11 is 11.9. The normalized spacial score (nSPS) is 13.4. The van der Waals surface area contributed by atoms with Crippen LogP contribution in [0.3, 0.4) is 0 Å². The molecule has 2 heterocycles. The van der Waals surface area contributed by atoms with E-state index in [1.807, 2.05) is 24.3 Å². The molecular weight excluding hydrogens is 371 g/mol. The molecule has 2 amide bonds. The van der Waals surface area contributed by atoms with E-state index < -0.39 is 0 Å². The average molecular weight is 387 g/mol. The van der Waals surface area contributed by atoms with Crippen LogP contribution in [0.25, 0.3) is 11.3 Å². The molecule has 0 spiro atoms. The highest BCUT2D eigenvalue weighted by Gasteiger charge is 2.25. The van der Waals surface area contributed by atoms with Crippen LogP contribution in [0.4, 0.5) is 10.5 Å². The van der Waals surface area contributed by atoms with E-state index in [9.17, 15) is 4.79 Å². The number of fused-ring (bicyclic) bond motifs is 1. The number of carbonyl (C=O) groups is 1. The Bertz CT molecular complexity index is 935. The standard InChI is InChI=1S/C19H16Cl2N4O/c20-13-3-1-12(2-4-13)18-16-11-25(10-9-17(16)23-24-18)19(26)22-15-7-5-14(21)6-8-15/h1-8H,9-11H2,(H,22,26)(H,23,24). The van der Waals surface area contributed by atoms with Crippen molar-refractivity contribution in [3.8, 4) is 11.3 Å². The molecule has 0 atom stereocenters. The largest absolute Gasteiger partial charge is 0.322 e. The maximum atomic E-state index is 12.6. The molecule has 132 valence electrons. The van der Waals surface area contributed by atoms with E-state index >= 15 is 0 Å². The summed E-state index contributed by atoms with van der Waals surface area (Å²) in [5, 5.41) is 11.8. The van der Waals surface area contributed by atoms with E-state index in [4.69, 9.17) is 23.2 Å². The number of hydrogen-bond donors (Lipinski definition) is 2. The van der Waals surface area contributed by atoms with Crippen LogP contribution in [0.2, 0.25) is 10.0 Å². The van der Waals surface area contributed by atoms with Gasteiger partial charge in [0.25, 0.3) is 0 Å². The van der Waals surface area contributed by atoms with Gasteiger partial charge in [-0.3, -0.25) is 5.10 Å². The highest BCUT2D eigenvalue weighted by Crippen LogP contribution is 2.29. The molecule has 1 aliphatic rings. The van der Waals surface area contributed by atoms with Crippen LogP contribution >= 0.6 is 23.2 Å². The van der Waals surface area contributed by atoms with Crippen LogP contribution in [0.15, 0.2) is 48.5 Å². The number of urea groups is 1. The number of nitrogens with zero attached hydrogens (tertiary/aromatic N) is 2. The molecule has 0 bridgehead atoms. The minimum absolute atomic E-state index is 0.138. The third-order valence-electron chi connectivity index (χ3n) is 4.43. The van der Waals surface area contributed by atoms with Crippen molar-refractivity contribution < 1.29 is 4.79 Å². The molecule has 0 fully saturated rings. The fourth-order valence-corrected chi connectivity index (χ4v) is 3.30. The molecule has 0 unspecified atom stereocenters. The molecular formula is C19H16Cl2N4O. The van der Waals surface area contributed by atoms with Crippen LogP contribution in [0.1, 0.15) is 11.3 Å². The number of hydrogen-bond acceptors (Lipinski definition) is 2. The van der Waals surface area contributed by atoms with Crippen molar-refractivity contribution in [1.29, 1.82) is 0 Å². The molecule has 0 saturated carbocycles. The van der Waals surface area contributed by atoms with Crippen LogP contribution in [-0.2, 0) is 13.0 Å². The Hall–Kier alpha value is -2.50. The Balaban J connectivity index is 1.53. The first kappa shape index (κ1) is 16.9. The molecule has 0 saturated heterocycles. The van der Waals surface area contributed by atoms with E-state index in [0.29, 0.717) is 23.1 Å². The Kier molecular flexibility index (Phi) is 4.57. The first-order valence-electron chi connectivity index (χ1n) is 8.24. The molecule has 1 aliphatic heterocycles. The van der Waals surface area contributed by atoms with E-state index in [1.54, 1.807) is 29.2 Å². The number of H-pyrrole nitrogens is 1. The van der Waals surface area contributed by atoms with Crippen LogP contribution in [0, 0.1) is 0 Å². The maximum Gasteiger partial charge on any atom is 0.322 e. The molecule has 2 aromatic carbocycles. The number of anilines is 1. The van der Waals surface area contributed by atoms with Gasteiger partial charge in [-0.2, -0.15) is 5.10 Å². The minimum atomic E-state index is -0.138. The van der Waals surface area contributed by atoms with Crippen molar-refractivity contribution in [3.05, 3.63) is 69.8 Å². The van der Waals surface area contributed by atoms with Crippen molar-refractivity contribution >= 4 is 34.9 Å². The Labute approximate surface area is 160 Å². The minimum Gasteiger partial charge on any atom is -0.320 e. The third-order valence-corrected chi connectivity index (χ3v) is 4.94. The van der Waals surface area contributed by atoms with Gasteiger partial charge in [-0.25, -0.2) is 4.79 Å². The topological polar surface area (TPSA) is 61.0 Å². The van der Waals surface area contributed by atoms with Crippen molar-refractivity contribution in [3.63, 3.8) is 0 Å². The highest BCUT2D eigenvalue weighted by atomic mass is 35.5. The van der Waals surface area contributed by atoms with Gasteiger partial charge < -0.3 is 10.2 Å². The van der Waals surface area contributed by atoms with Gasteiger partial charge in [0.15, 0.2) is 0 Å². The number of benzene rings is 2. The van der Waals surface area contributed by atoms with Gasteiger partial charge in [-0.15, -0.1) is 0 Å². The predicted molar refractivity (Wildman–Crippen MR) is 104 cm³/mol. The molecule has 0 radical (unpaired) electrons. The second-order valence-electron chi connectivity index (χ2n) is 6.14. The summed E-state index contributed by atoms with van der Waals surface area (Å²) in [6.07, 6.45) is 0.740. The Morgan fingerprint density at radius 3 is 2.38 bits per heavy atom. The SMILES string of the molecule is O=C(Nc1ccc(Cl)cc1)N1CCc2[nH]nc(-c3ccc(Cl)cc3)c2C1. The molecule has 4 rings (SSSR count). The fraction of sp³-hybridized carbons (Fsp3) is 0.158. The zero-order chi connectivity index (χ0) is 18.1. The summed E-state index contributed by atoms with van der Waals surface area (Å²) < 4.78 is 0. The summed E-state index contributed by atoms with van der Waals surface area (Å²) in [5.74, 6) is 0. The Morgan fingerprint density at radius 1 is 1.04 bits per heavy atom. The number of amides is 2. The lowest BCUT2D eigenvalue weighted by molar-refractivity contribution is 0.206. The zero-order valence-corrected chi connectivity index (χ0v) is 15.3. The van der Waals surface area contributed by atoms with Gasteiger partial charge in [0.1, 0.15) is 0 Å². The van der Waals surface area contributed by atoms with E-state index in [0.717, 1.165) is 34.6 Å². The van der Waals surface area contributed by atoms with Gasteiger partial charge in [0.2, 0.25) is 0 Å². The molecule has 3 aromatic rings. The third kappa shape index (κ3) is 3.41. The number of nitrogens with one attached hydrogen (secondary N) is 2. The van der Waals surface area contributed by atoms with Crippen LogP contribution in [-0.4, -0.2) is 27.7 Å². The molecule has 5 nitrogen and oxygen atoms in total. The fourth-order valence-electron chi connectivity index (χ4n) is 3.05. The lowest BCUT2D eigenvalue weighted by Gasteiger charge is -2.27. The van der Waals surface area contributed by atoms with Gasteiger partial charge in [-0.05, 0) is 36.4 Å². The average Bonchev–Trinajstić information content (AvgIpc) is 3.07. The van der Waals surface area contributed by atoms with Crippen LogP contribution in [0.5, 0.6) is 0 Å². The quantitative estimate of drug-likeness (QED) is 0.652. The van der Waals surface area contributed by atoms with E-state index in [-0.39, 0.29) is 6.03 Å².